The number of fused-ring (bicyclic) bond motifs is 2. The number of carbonyl (C=O) groups excluding carboxylic acids is 4. The summed E-state index contributed by atoms with van der Waals surface area (Å²) in [7, 11) is 0. The number of ketones is 1. The Labute approximate surface area is 304 Å². The third kappa shape index (κ3) is 8.66. The van der Waals surface area contributed by atoms with Crippen molar-refractivity contribution in [3.8, 4) is 29.4 Å². The highest BCUT2D eigenvalue weighted by Gasteiger charge is 2.44. The lowest BCUT2D eigenvalue weighted by molar-refractivity contribution is -0.170. The van der Waals surface area contributed by atoms with E-state index in [2.05, 4.69) is 44.0 Å². The van der Waals surface area contributed by atoms with Crippen molar-refractivity contribution in [2.24, 2.45) is 38.5 Å². The maximum Gasteiger partial charge on any atom is 0.471 e. The second kappa shape index (κ2) is 14.7. The average Bonchev–Trinajstić information content (AvgIpc) is 3.54. The zero-order valence-electron chi connectivity index (χ0n) is 29.2. The first-order valence-corrected chi connectivity index (χ1v) is 17.1. The molecule has 6 atom stereocenters. The van der Waals surface area contributed by atoms with E-state index in [0.29, 0.717) is 23.5 Å². The SMILES string of the molecule is CC(C)(C)Oc1ccc(CC(NC(=O)c2ccc(N(CC3=NC4C(=O)N=C(N)CC4N=C3)C(=O)C(F)(F)F)cc2)C(=O)C2C#CC3CC#CCC32)cc1. The van der Waals surface area contributed by atoms with E-state index in [9.17, 15) is 32.3 Å². The number of amidine groups is 1. The molecule has 0 spiro atoms. The molecule has 2 aliphatic heterocycles. The standard InChI is InChI=1S/C39H37F3N6O5/c1-38(2,3)53-27-15-8-22(9-16-27)18-31(34(49)29-17-12-23-6-4-5-7-28(23)29)46-35(50)24-10-13-26(14-11-24)48(37(52)39(40,41)42)21-25-20-44-30-19-32(43)47-36(51)33(30)45-25/h8-11,13-16,20,23,28-31,33H,6-7,18-19,21H2,1-3H3,(H,46,50)(H2,43,47,51). The molecule has 14 heteroatoms. The average molecular weight is 727 g/mol. The summed E-state index contributed by atoms with van der Waals surface area (Å²) in [5.74, 6) is 8.58. The van der Waals surface area contributed by atoms with E-state index in [1.54, 1.807) is 12.1 Å². The summed E-state index contributed by atoms with van der Waals surface area (Å²) < 4.78 is 47.2. The van der Waals surface area contributed by atoms with Gasteiger partial charge in [-0.2, -0.15) is 18.2 Å². The molecule has 2 aromatic rings. The van der Waals surface area contributed by atoms with Gasteiger partial charge in [-0.1, -0.05) is 24.0 Å². The minimum atomic E-state index is -5.25. The number of carbonyl (C=O) groups is 4. The van der Waals surface area contributed by atoms with Crippen molar-refractivity contribution in [3.63, 3.8) is 0 Å². The zero-order chi connectivity index (χ0) is 38.1. The van der Waals surface area contributed by atoms with Crippen LogP contribution in [0.2, 0.25) is 0 Å². The number of halogens is 3. The molecule has 2 heterocycles. The number of Topliss-reactive ketones (excluding diaryl/α,β-unsaturated/α-hetero) is 1. The topological polar surface area (TPSA) is 156 Å². The maximum absolute atomic E-state index is 14.1. The molecule has 3 amide bonds. The van der Waals surface area contributed by atoms with Crippen LogP contribution >= 0.6 is 0 Å². The number of hydrogen-bond donors (Lipinski definition) is 2. The molecule has 0 aromatic heterocycles. The number of ether oxygens (including phenoxy) is 1. The molecule has 3 N–H and O–H groups in total. The van der Waals surface area contributed by atoms with Gasteiger partial charge in [0.25, 0.3) is 11.8 Å². The Kier molecular flexibility index (Phi) is 10.3. The van der Waals surface area contributed by atoms with Crippen LogP contribution in [0, 0.1) is 41.4 Å². The molecule has 4 aliphatic rings. The summed E-state index contributed by atoms with van der Waals surface area (Å²) in [4.78, 5) is 65.3. The van der Waals surface area contributed by atoms with Gasteiger partial charge >= 0.3 is 12.1 Å². The Morgan fingerprint density at radius 3 is 2.40 bits per heavy atom. The second-order valence-corrected chi connectivity index (χ2v) is 14.3. The van der Waals surface area contributed by atoms with Crippen molar-refractivity contribution >= 4 is 47.0 Å². The van der Waals surface area contributed by atoms with Gasteiger partial charge in [-0.15, -0.1) is 11.8 Å². The Morgan fingerprint density at radius 2 is 1.72 bits per heavy atom. The number of alkyl halides is 3. The number of aliphatic imine (C=N–C) groups is 3. The summed E-state index contributed by atoms with van der Waals surface area (Å²) in [6.07, 6.45) is -2.64. The van der Waals surface area contributed by atoms with Crippen molar-refractivity contribution in [1.29, 1.82) is 0 Å². The smallest absolute Gasteiger partial charge is 0.471 e. The Balaban J connectivity index is 1.22. The van der Waals surface area contributed by atoms with Gasteiger partial charge in [0, 0.05) is 48.6 Å². The first kappa shape index (κ1) is 37.0. The number of nitrogens with two attached hydrogens (primary N) is 1. The van der Waals surface area contributed by atoms with Crippen LogP contribution in [0.15, 0.2) is 63.5 Å². The van der Waals surface area contributed by atoms with E-state index < -0.39 is 60.1 Å². The van der Waals surface area contributed by atoms with Crippen LogP contribution in [-0.2, 0) is 20.8 Å². The van der Waals surface area contributed by atoms with Gasteiger partial charge in [0.05, 0.1) is 30.3 Å². The molecule has 2 aromatic carbocycles. The fourth-order valence-corrected chi connectivity index (χ4v) is 6.61. The van der Waals surface area contributed by atoms with Crippen LogP contribution in [-0.4, -0.2) is 77.7 Å². The van der Waals surface area contributed by atoms with Gasteiger partial charge < -0.3 is 15.8 Å². The molecule has 0 saturated heterocycles. The van der Waals surface area contributed by atoms with Gasteiger partial charge in [-0.3, -0.25) is 34.1 Å². The first-order valence-electron chi connectivity index (χ1n) is 17.1. The molecule has 11 nitrogen and oxygen atoms in total. The number of nitrogens with one attached hydrogen (secondary N) is 1. The van der Waals surface area contributed by atoms with E-state index in [1.807, 2.05) is 32.9 Å². The van der Waals surface area contributed by atoms with Crippen LogP contribution < -0.4 is 20.7 Å². The number of amides is 3. The number of rotatable bonds is 10. The molecule has 2 aliphatic carbocycles. The van der Waals surface area contributed by atoms with Gasteiger partial charge in [0.15, 0.2) is 11.8 Å². The van der Waals surface area contributed by atoms with E-state index in [-0.39, 0.29) is 53.3 Å². The van der Waals surface area contributed by atoms with Crippen molar-refractivity contribution < 1.29 is 37.1 Å². The quantitative estimate of drug-likeness (QED) is 0.354. The van der Waals surface area contributed by atoms with Crippen molar-refractivity contribution in [3.05, 3.63) is 59.7 Å². The first-order chi connectivity index (χ1) is 25.1. The molecular weight excluding hydrogens is 689 g/mol. The normalized spacial score (nSPS) is 23.4. The fourth-order valence-electron chi connectivity index (χ4n) is 6.61. The lowest BCUT2D eigenvalue weighted by atomic mass is 9.77. The van der Waals surface area contributed by atoms with Gasteiger partial charge in [0.2, 0.25) is 0 Å². The summed E-state index contributed by atoms with van der Waals surface area (Å²) in [6, 6.07) is 9.44. The number of benzene rings is 2. The summed E-state index contributed by atoms with van der Waals surface area (Å²) in [6.45, 7) is 5.12. The molecule has 274 valence electrons. The van der Waals surface area contributed by atoms with Crippen LogP contribution in [0.5, 0.6) is 5.75 Å². The van der Waals surface area contributed by atoms with Gasteiger partial charge in [0.1, 0.15) is 17.2 Å². The molecule has 0 radical (unpaired) electrons. The van der Waals surface area contributed by atoms with Crippen molar-refractivity contribution in [1.82, 2.24) is 5.32 Å². The molecular formula is C39H37F3N6O5. The predicted octanol–water partition coefficient (Wildman–Crippen LogP) is 3.88. The second-order valence-electron chi connectivity index (χ2n) is 14.3. The Bertz CT molecular complexity index is 2030. The minimum absolute atomic E-state index is 0.0204. The van der Waals surface area contributed by atoms with Crippen molar-refractivity contribution in [2.75, 3.05) is 11.4 Å². The van der Waals surface area contributed by atoms with Crippen LogP contribution in [0.1, 0.15) is 56.0 Å². The Morgan fingerprint density at radius 1 is 1.02 bits per heavy atom. The summed E-state index contributed by atoms with van der Waals surface area (Å²) in [5, 5.41) is 2.83. The maximum atomic E-state index is 14.1. The number of nitrogens with zero attached hydrogens (tertiary/aromatic N) is 4. The molecule has 0 fully saturated rings. The zero-order valence-corrected chi connectivity index (χ0v) is 29.2. The molecule has 6 unspecified atom stereocenters. The predicted molar refractivity (Wildman–Crippen MR) is 192 cm³/mol. The lowest BCUT2D eigenvalue weighted by Crippen LogP contribution is -2.47. The van der Waals surface area contributed by atoms with E-state index in [0.717, 1.165) is 5.56 Å². The number of hydrogen-bond acceptors (Lipinski definition) is 8. The summed E-state index contributed by atoms with van der Waals surface area (Å²) >= 11 is 0. The minimum Gasteiger partial charge on any atom is -0.488 e. The lowest BCUT2D eigenvalue weighted by Gasteiger charge is -2.28. The van der Waals surface area contributed by atoms with Crippen LogP contribution in [0.4, 0.5) is 18.9 Å². The Hall–Kier alpha value is -5.76. The monoisotopic (exact) mass is 726 g/mol. The number of anilines is 1. The highest BCUT2D eigenvalue weighted by molar-refractivity contribution is 6.34. The molecule has 0 saturated carbocycles. The van der Waals surface area contributed by atoms with Gasteiger partial charge in [-0.05, 0) is 69.2 Å². The van der Waals surface area contributed by atoms with Crippen molar-refractivity contribution in [2.45, 2.75) is 76.4 Å². The van der Waals surface area contributed by atoms with E-state index in [1.165, 1.54) is 30.5 Å². The fraction of sp³-hybridized carbons (Fsp3) is 0.410. The highest BCUT2D eigenvalue weighted by atomic mass is 19.4. The highest BCUT2D eigenvalue weighted by Crippen LogP contribution is 2.35. The van der Waals surface area contributed by atoms with Crippen LogP contribution in [0.3, 0.4) is 0 Å². The third-order valence-electron chi connectivity index (χ3n) is 9.15. The van der Waals surface area contributed by atoms with E-state index >= 15 is 0 Å². The molecule has 6 rings (SSSR count). The van der Waals surface area contributed by atoms with Crippen LogP contribution in [0.25, 0.3) is 0 Å². The van der Waals surface area contributed by atoms with Gasteiger partial charge in [-0.25, -0.2) is 0 Å². The molecule has 53 heavy (non-hydrogen) atoms. The van der Waals surface area contributed by atoms with E-state index in [4.69, 9.17) is 10.5 Å². The largest absolute Gasteiger partial charge is 0.488 e. The third-order valence-corrected chi connectivity index (χ3v) is 9.15. The summed E-state index contributed by atoms with van der Waals surface area (Å²) in [5.41, 5.74) is 5.82. The molecule has 0 bridgehead atoms.